The molecule has 2 aromatic rings. The molecule has 1 aromatic heterocycles. The van der Waals surface area contributed by atoms with E-state index in [1.54, 1.807) is 0 Å². The third kappa shape index (κ3) is 2.63. The lowest BCUT2D eigenvalue weighted by Gasteiger charge is -2.12. The SMILES string of the molecule is Cc1cc(Oc2ccccc2)c(CN)c(C)n1. The molecule has 0 aliphatic carbocycles. The average molecular weight is 228 g/mol. The maximum atomic E-state index is 5.84. The molecule has 3 nitrogen and oxygen atoms in total. The van der Waals surface area contributed by atoms with Gasteiger partial charge in [0.1, 0.15) is 11.5 Å². The minimum absolute atomic E-state index is 0.432. The van der Waals surface area contributed by atoms with Crippen LogP contribution in [0, 0.1) is 13.8 Å². The summed E-state index contributed by atoms with van der Waals surface area (Å²) in [6.45, 7) is 4.33. The van der Waals surface area contributed by atoms with Crippen LogP contribution in [0.1, 0.15) is 17.0 Å². The van der Waals surface area contributed by atoms with E-state index in [1.165, 1.54) is 0 Å². The number of benzene rings is 1. The van der Waals surface area contributed by atoms with Crippen molar-refractivity contribution in [2.75, 3.05) is 0 Å². The first kappa shape index (κ1) is 11.6. The van der Waals surface area contributed by atoms with Crippen LogP contribution in [0.5, 0.6) is 11.5 Å². The van der Waals surface area contributed by atoms with E-state index in [0.29, 0.717) is 6.54 Å². The van der Waals surface area contributed by atoms with Gasteiger partial charge in [0.15, 0.2) is 0 Å². The zero-order valence-corrected chi connectivity index (χ0v) is 10.1. The van der Waals surface area contributed by atoms with E-state index < -0.39 is 0 Å². The van der Waals surface area contributed by atoms with Crippen LogP contribution in [0.15, 0.2) is 36.4 Å². The smallest absolute Gasteiger partial charge is 0.135 e. The number of nitrogens with zero attached hydrogens (tertiary/aromatic N) is 1. The summed E-state index contributed by atoms with van der Waals surface area (Å²) < 4.78 is 5.84. The Labute approximate surface area is 101 Å². The van der Waals surface area contributed by atoms with Gasteiger partial charge in [0, 0.05) is 29.6 Å². The second kappa shape index (κ2) is 4.97. The van der Waals surface area contributed by atoms with Crippen LogP contribution in [0.2, 0.25) is 0 Å². The Hall–Kier alpha value is -1.87. The van der Waals surface area contributed by atoms with Gasteiger partial charge in [-0.2, -0.15) is 0 Å². The van der Waals surface area contributed by atoms with E-state index in [1.807, 2.05) is 50.2 Å². The lowest BCUT2D eigenvalue weighted by molar-refractivity contribution is 0.474. The molecule has 0 unspecified atom stereocenters. The van der Waals surface area contributed by atoms with Gasteiger partial charge in [-0.1, -0.05) is 18.2 Å². The molecule has 0 radical (unpaired) electrons. The maximum Gasteiger partial charge on any atom is 0.135 e. The number of aryl methyl sites for hydroxylation is 2. The number of nitrogens with two attached hydrogens (primary N) is 1. The van der Waals surface area contributed by atoms with Crippen LogP contribution in [0.25, 0.3) is 0 Å². The number of para-hydroxylation sites is 1. The van der Waals surface area contributed by atoms with Crippen molar-refractivity contribution in [3.05, 3.63) is 53.3 Å². The van der Waals surface area contributed by atoms with Crippen LogP contribution in [0.4, 0.5) is 0 Å². The predicted octanol–water partition coefficient (Wildman–Crippen LogP) is 2.95. The zero-order chi connectivity index (χ0) is 12.3. The molecule has 0 atom stereocenters. The summed E-state index contributed by atoms with van der Waals surface area (Å²) in [4.78, 5) is 4.39. The Balaban J connectivity index is 2.38. The summed E-state index contributed by atoms with van der Waals surface area (Å²) in [5.41, 5.74) is 8.56. The van der Waals surface area contributed by atoms with E-state index in [-0.39, 0.29) is 0 Å². The minimum atomic E-state index is 0.432. The molecule has 17 heavy (non-hydrogen) atoms. The Bertz CT molecular complexity index is 509. The van der Waals surface area contributed by atoms with Crippen molar-refractivity contribution in [2.45, 2.75) is 20.4 Å². The van der Waals surface area contributed by atoms with Crippen LogP contribution >= 0.6 is 0 Å². The van der Waals surface area contributed by atoms with Crippen molar-refractivity contribution < 1.29 is 4.74 Å². The Kier molecular flexibility index (Phi) is 3.40. The first-order valence-electron chi connectivity index (χ1n) is 5.61. The number of ether oxygens (including phenoxy) is 1. The van der Waals surface area contributed by atoms with Gasteiger partial charge in [-0.3, -0.25) is 4.98 Å². The summed E-state index contributed by atoms with van der Waals surface area (Å²) in [6.07, 6.45) is 0. The third-order valence-corrected chi connectivity index (χ3v) is 2.59. The molecule has 0 fully saturated rings. The highest BCUT2D eigenvalue weighted by Gasteiger charge is 2.08. The number of aromatic nitrogens is 1. The predicted molar refractivity (Wildman–Crippen MR) is 68.1 cm³/mol. The van der Waals surface area contributed by atoms with E-state index >= 15 is 0 Å². The van der Waals surface area contributed by atoms with Gasteiger partial charge in [-0.05, 0) is 26.0 Å². The minimum Gasteiger partial charge on any atom is -0.457 e. The third-order valence-electron chi connectivity index (χ3n) is 2.59. The molecule has 1 heterocycles. The van der Waals surface area contributed by atoms with Gasteiger partial charge in [0.25, 0.3) is 0 Å². The first-order valence-corrected chi connectivity index (χ1v) is 5.61. The molecule has 0 aliphatic heterocycles. The van der Waals surface area contributed by atoms with Crippen molar-refractivity contribution in [1.82, 2.24) is 4.98 Å². The molecule has 2 rings (SSSR count). The van der Waals surface area contributed by atoms with Crippen molar-refractivity contribution in [2.24, 2.45) is 5.73 Å². The zero-order valence-electron chi connectivity index (χ0n) is 10.1. The quantitative estimate of drug-likeness (QED) is 0.878. The molecule has 0 saturated carbocycles. The van der Waals surface area contributed by atoms with Gasteiger partial charge in [0.2, 0.25) is 0 Å². The molecular formula is C14H16N2O. The highest BCUT2D eigenvalue weighted by atomic mass is 16.5. The lowest BCUT2D eigenvalue weighted by atomic mass is 10.1. The molecule has 0 spiro atoms. The number of hydrogen-bond donors (Lipinski definition) is 1. The Morgan fingerprint density at radius 3 is 2.53 bits per heavy atom. The molecule has 0 aliphatic rings. The maximum absolute atomic E-state index is 5.84. The molecule has 88 valence electrons. The summed E-state index contributed by atoms with van der Waals surface area (Å²) in [6, 6.07) is 11.6. The van der Waals surface area contributed by atoms with E-state index in [0.717, 1.165) is 28.5 Å². The number of pyridine rings is 1. The molecular weight excluding hydrogens is 212 g/mol. The van der Waals surface area contributed by atoms with Crippen LogP contribution in [0.3, 0.4) is 0 Å². The van der Waals surface area contributed by atoms with Gasteiger partial charge < -0.3 is 10.5 Å². The van der Waals surface area contributed by atoms with Gasteiger partial charge in [0.05, 0.1) is 0 Å². The summed E-state index contributed by atoms with van der Waals surface area (Å²) in [5, 5.41) is 0. The fourth-order valence-corrected chi connectivity index (χ4v) is 1.77. The molecule has 2 N–H and O–H groups in total. The van der Waals surface area contributed by atoms with E-state index in [9.17, 15) is 0 Å². The number of rotatable bonds is 3. The summed E-state index contributed by atoms with van der Waals surface area (Å²) in [5.74, 6) is 1.61. The molecule has 3 heteroatoms. The van der Waals surface area contributed by atoms with Crippen LogP contribution < -0.4 is 10.5 Å². The Morgan fingerprint density at radius 1 is 1.18 bits per heavy atom. The summed E-state index contributed by atoms with van der Waals surface area (Å²) >= 11 is 0. The first-order chi connectivity index (χ1) is 8.20. The molecule has 0 amide bonds. The number of hydrogen-bond acceptors (Lipinski definition) is 3. The normalized spacial score (nSPS) is 10.3. The van der Waals surface area contributed by atoms with Crippen LogP contribution in [-0.2, 0) is 6.54 Å². The highest BCUT2D eigenvalue weighted by molar-refractivity contribution is 5.40. The second-order valence-corrected chi connectivity index (χ2v) is 3.94. The second-order valence-electron chi connectivity index (χ2n) is 3.94. The fraction of sp³-hybridized carbons (Fsp3) is 0.214. The van der Waals surface area contributed by atoms with Gasteiger partial charge in [-0.25, -0.2) is 0 Å². The molecule has 1 aromatic carbocycles. The highest BCUT2D eigenvalue weighted by Crippen LogP contribution is 2.27. The van der Waals surface area contributed by atoms with Crippen molar-refractivity contribution in [1.29, 1.82) is 0 Å². The van der Waals surface area contributed by atoms with E-state index in [2.05, 4.69) is 4.98 Å². The summed E-state index contributed by atoms with van der Waals surface area (Å²) in [7, 11) is 0. The van der Waals surface area contributed by atoms with E-state index in [4.69, 9.17) is 10.5 Å². The molecule has 0 bridgehead atoms. The monoisotopic (exact) mass is 228 g/mol. The Morgan fingerprint density at radius 2 is 1.88 bits per heavy atom. The topological polar surface area (TPSA) is 48.1 Å². The van der Waals surface area contributed by atoms with Crippen LogP contribution in [-0.4, -0.2) is 4.98 Å². The molecule has 0 saturated heterocycles. The van der Waals surface area contributed by atoms with Gasteiger partial charge >= 0.3 is 0 Å². The average Bonchev–Trinajstić information content (AvgIpc) is 2.30. The fourth-order valence-electron chi connectivity index (χ4n) is 1.77. The van der Waals surface area contributed by atoms with Gasteiger partial charge in [-0.15, -0.1) is 0 Å². The lowest BCUT2D eigenvalue weighted by Crippen LogP contribution is -2.04. The van der Waals surface area contributed by atoms with Crippen molar-refractivity contribution in [3.8, 4) is 11.5 Å². The largest absolute Gasteiger partial charge is 0.457 e. The standard InChI is InChI=1S/C14H16N2O/c1-10-8-14(13(9-15)11(2)16-10)17-12-6-4-3-5-7-12/h3-8H,9,15H2,1-2H3. The van der Waals surface area contributed by atoms with Crippen molar-refractivity contribution >= 4 is 0 Å². The van der Waals surface area contributed by atoms with Crippen molar-refractivity contribution in [3.63, 3.8) is 0 Å².